The number of hydrogen-bond donors (Lipinski definition) is 1. The van der Waals surface area contributed by atoms with E-state index in [0.717, 1.165) is 24.8 Å². The predicted octanol–water partition coefficient (Wildman–Crippen LogP) is 3.53. The lowest BCUT2D eigenvalue weighted by Crippen LogP contribution is -2.12. The van der Waals surface area contributed by atoms with Crippen molar-refractivity contribution in [3.8, 4) is 0 Å². The van der Waals surface area contributed by atoms with Crippen LogP contribution in [0.3, 0.4) is 0 Å². The van der Waals surface area contributed by atoms with Gasteiger partial charge in [0.05, 0.1) is 0 Å². The number of nitrogens with zero attached hydrogens (tertiary/aromatic N) is 1. The van der Waals surface area contributed by atoms with Crippen molar-refractivity contribution in [1.29, 1.82) is 0 Å². The third kappa shape index (κ3) is 5.87. The molecular weight excluding hydrogens is 236 g/mol. The maximum Gasteiger partial charge on any atom is 0.103 e. The summed E-state index contributed by atoms with van der Waals surface area (Å²) < 4.78 is 0. The monoisotopic (exact) mass is 258 g/mol. The van der Waals surface area contributed by atoms with Gasteiger partial charge in [-0.15, -0.1) is 11.3 Å². The quantitative estimate of drug-likeness (QED) is 0.722. The Kier molecular flexibility index (Phi) is 7.08. The van der Waals surface area contributed by atoms with E-state index in [1.54, 1.807) is 0 Å². The Morgan fingerprint density at radius 1 is 1.50 bits per heavy atom. The Balaban J connectivity index is 2.22. The molecule has 0 aliphatic heterocycles. The van der Waals surface area contributed by atoms with Gasteiger partial charge in [-0.3, -0.25) is 0 Å². The molecule has 1 rings (SSSR count). The van der Waals surface area contributed by atoms with Gasteiger partial charge in [-0.2, -0.15) is 11.8 Å². The highest BCUT2D eigenvalue weighted by atomic mass is 32.2. The number of thiazole rings is 1. The van der Waals surface area contributed by atoms with Gasteiger partial charge in [-0.25, -0.2) is 4.98 Å². The molecule has 0 aliphatic carbocycles. The molecule has 4 heteroatoms. The second-order valence-corrected chi connectivity index (χ2v) is 6.54. The van der Waals surface area contributed by atoms with Crippen LogP contribution < -0.4 is 5.32 Å². The summed E-state index contributed by atoms with van der Waals surface area (Å²) in [4.78, 5) is 5.80. The summed E-state index contributed by atoms with van der Waals surface area (Å²) in [6, 6.07) is 0. The van der Waals surface area contributed by atoms with Crippen LogP contribution in [-0.2, 0) is 12.3 Å². The first-order chi connectivity index (χ1) is 7.72. The second kappa shape index (κ2) is 8.09. The molecule has 0 saturated carbocycles. The van der Waals surface area contributed by atoms with Crippen LogP contribution in [0.4, 0.5) is 0 Å². The third-order valence-electron chi connectivity index (χ3n) is 2.00. The molecular formula is C12H22N2S2. The molecule has 16 heavy (non-hydrogen) atoms. The fourth-order valence-corrected chi connectivity index (χ4v) is 3.28. The number of aromatic nitrogens is 1. The van der Waals surface area contributed by atoms with Crippen LogP contribution in [-0.4, -0.2) is 17.3 Å². The molecule has 1 N–H and O–H groups in total. The standard InChI is InChI=1S/C12H22N2S2/c1-4-5-13-6-11-7-14-12(16-11)9-15-8-10(2)3/h7,10,13H,4-6,8-9H2,1-3H3. The largest absolute Gasteiger partial charge is 0.312 e. The van der Waals surface area contributed by atoms with E-state index < -0.39 is 0 Å². The van der Waals surface area contributed by atoms with Crippen molar-refractivity contribution in [2.75, 3.05) is 12.3 Å². The third-order valence-corrected chi connectivity index (χ3v) is 4.56. The van der Waals surface area contributed by atoms with E-state index in [4.69, 9.17) is 0 Å². The van der Waals surface area contributed by atoms with Crippen LogP contribution in [0, 0.1) is 5.92 Å². The van der Waals surface area contributed by atoms with E-state index in [-0.39, 0.29) is 0 Å². The molecule has 0 atom stereocenters. The summed E-state index contributed by atoms with van der Waals surface area (Å²) in [7, 11) is 0. The minimum atomic E-state index is 0.774. The first-order valence-electron chi connectivity index (χ1n) is 5.94. The van der Waals surface area contributed by atoms with E-state index in [1.165, 1.54) is 22.1 Å². The van der Waals surface area contributed by atoms with Gasteiger partial charge in [-0.05, 0) is 24.6 Å². The van der Waals surface area contributed by atoms with Gasteiger partial charge in [0.1, 0.15) is 5.01 Å². The Bertz CT molecular complexity index is 284. The van der Waals surface area contributed by atoms with Crippen LogP contribution in [0.5, 0.6) is 0 Å². The fourth-order valence-electron chi connectivity index (χ4n) is 1.27. The van der Waals surface area contributed by atoms with Gasteiger partial charge in [0.15, 0.2) is 0 Å². The Morgan fingerprint density at radius 2 is 2.31 bits per heavy atom. The van der Waals surface area contributed by atoms with Crippen LogP contribution in [0.15, 0.2) is 6.20 Å². The molecule has 92 valence electrons. The molecule has 0 unspecified atom stereocenters. The summed E-state index contributed by atoms with van der Waals surface area (Å²) in [5.74, 6) is 3.07. The summed E-state index contributed by atoms with van der Waals surface area (Å²) in [5, 5.41) is 4.67. The average Bonchev–Trinajstić information content (AvgIpc) is 2.66. The van der Waals surface area contributed by atoms with Gasteiger partial charge < -0.3 is 5.32 Å². The highest BCUT2D eigenvalue weighted by Crippen LogP contribution is 2.20. The van der Waals surface area contributed by atoms with Crippen molar-refractivity contribution >= 4 is 23.1 Å². The summed E-state index contributed by atoms with van der Waals surface area (Å²) in [6.07, 6.45) is 3.20. The predicted molar refractivity (Wildman–Crippen MR) is 75.1 cm³/mol. The van der Waals surface area contributed by atoms with Gasteiger partial charge in [0, 0.05) is 23.4 Å². The molecule has 2 nitrogen and oxygen atoms in total. The maximum atomic E-state index is 4.45. The smallest absolute Gasteiger partial charge is 0.103 e. The van der Waals surface area contributed by atoms with Gasteiger partial charge in [0.25, 0.3) is 0 Å². The van der Waals surface area contributed by atoms with Crippen LogP contribution in [0.2, 0.25) is 0 Å². The minimum absolute atomic E-state index is 0.774. The summed E-state index contributed by atoms with van der Waals surface area (Å²) >= 11 is 3.82. The van der Waals surface area contributed by atoms with E-state index >= 15 is 0 Å². The summed E-state index contributed by atoms with van der Waals surface area (Å²) in [5.41, 5.74) is 0. The second-order valence-electron chi connectivity index (χ2n) is 4.31. The molecule has 0 bridgehead atoms. The molecule has 0 radical (unpaired) electrons. The molecule has 0 fully saturated rings. The van der Waals surface area contributed by atoms with Gasteiger partial charge in [-0.1, -0.05) is 20.8 Å². The first-order valence-corrected chi connectivity index (χ1v) is 7.91. The highest BCUT2D eigenvalue weighted by molar-refractivity contribution is 7.98. The zero-order valence-electron chi connectivity index (χ0n) is 10.5. The van der Waals surface area contributed by atoms with E-state index in [9.17, 15) is 0 Å². The lowest BCUT2D eigenvalue weighted by atomic mass is 10.3. The van der Waals surface area contributed by atoms with Crippen molar-refractivity contribution in [3.63, 3.8) is 0 Å². The Hall–Kier alpha value is -0.0600. The molecule has 0 aromatic carbocycles. The first kappa shape index (κ1) is 14.0. The number of rotatable bonds is 8. The number of hydrogen-bond acceptors (Lipinski definition) is 4. The van der Waals surface area contributed by atoms with Crippen molar-refractivity contribution in [3.05, 3.63) is 16.1 Å². The van der Waals surface area contributed by atoms with E-state index in [1.807, 2.05) is 29.3 Å². The van der Waals surface area contributed by atoms with Crippen molar-refractivity contribution in [1.82, 2.24) is 10.3 Å². The zero-order valence-corrected chi connectivity index (χ0v) is 12.1. The fraction of sp³-hybridized carbons (Fsp3) is 0.750. The van der Waals surface area contributed by atoms with Crippen molar-refractivity contribution < 1.29 is 0 Å². The van der Waals surface area contributed by atoms with Gasteiger partial charge >= 0.3 is 0 Å². The molecule has 0 aliphatic rings. The van der Waals surface area contributed by atoms with E-state index in [2.05, 4.69) is 31.1 Å². The van der Waals surface area contributed by atoms with Crippen LogP contribution in [0.25, 0.3) is 0 Å². The molecule has 1 heterocycles. The lowest BCUT2D eigenvalue weighted by molar-refractivity contribution is 0.681. The average molecular weight is 258 g/mol. The van der Waals surface area contributed by atoms with Crippen molar-refractivity contribution in [2.45, 2.75) is 39.5 Å². The molecule has 0 saturated heterocycles. The Morgan fingerprint density at radius 3 is 3.00 bits per heavy atom. The molecule has 1 aromatic rings. The normalized spacial score (nSPS) is 11.2. The van der Waals surface area contributed by atoms with Crippen LogP contribution in [0.1, 0.15) is 37.1 Å². The molecule has 1 aromatic heterocycles. The lowest BCUT2D eigenvalue weighted by Gasteiger charge is -2.01. The van der Waals surface area contributed by atoms with Crippen LogP contribution >= 0.6 is 23.1 Å². The van der Waals surface area contributed by atoms with E-state index in [0.29, 0.717) is 0 Å². The summed E-state index contributed by atoms with van der Waals surface area (Å²) in [6.45, 7) is 8.77. The minimum Gasteiger partial charge on any atom is -0.312 e. The van der Waals surface area contributed by atoms with Crippen molar-refractivity contribution in [2.24, 2.45) is 5.92 Å². The zero-order chi connectivity index (χ0) is 11.8. The van der Waals surface area contributed by atoms with Gasteiger partial charge in [0.2, 0.25) is 0 Å². The number of thioether (sulfide) groups is 1. The molecule has 0 spiro atoms. The Labute approximate surface area is 107 Å². The highest BCUT2D eigenvalue weighted by Gasteiger charge is 2.02. The number of nitrogens with one attached hydrogen (secondary N) is 1. The topological polar surface area (TPSA) is 24.9 Å². The SMILES string of the molecule is CCCNCc1cnc(CSCC(C)C)s1. The molecule has 0 amide bonds. The maximum absolute atomic E-state index is 4.45.